The molecule has 10 heteroatoms. The van der Waals surface area contributed by atoms with Gasteiger partial charge in [0.1, 0.15) is 21.8 Å². The molecule has 0 spiro atoms. The Labute approximate surface area is 128 Å². The molecule has 3 aromatic rings. The largest absolute Gasteiger partial charge is 0.506 e. The van der Waals surface area contributed by atoms with Crippen LogP contribution in [0.5, 0.6) is 5.75 Å². The Balaban J connectivity index is 2.29. The van der Waals surface area contributed by atoms with Crippen LogP contribution in [0.25, 0.3) is 10.9 Å². The molecular weight excluding hydrogens is 328 g/mol. The van der Waals surface area contributed by atoms with Gasteiger partial charge in [-0.15, -0.1) is 21.6 Å². The standard InChI is InChI=1S/C12H8N4O4S2/c17-9-6-8(15-16-12-14-4-5-21-12)11(22(18,19)20)7-2-1-3-13-10(7)9/h1-6,17H,(H,18,19,20). The molecule has 0 fully saturated rings. The van der Waals surface area contributed by atoms with Crippen molar-refractivity contribution in [2.24, 2.45) is 10.2 Å². The summed E-state index contributed by atoms with van der Waals surface area (Å²) in [4.78, 5) is 7.31. The van der Waals surface area contributed by atoms with Crippen molar-refractivity contribution in [3.63, 3.8) is 0 Å². The summed E-state index contributed by atoms with van der Waals surface area (Å²) in [6.45, 7) is 0. The molecule has 2 heterocycles. The van der Waals surface area contributed by atoms with Gasteiger partial charge in [0.2, 0.25) is 5.13 Å². The first-order valence-electron chi connectivity index (χ1n) is 5.86. The minimum atomic E-state index is -4.59. The zero-order valence-electron chi connectivity index (χ0n) is 10.8. The van der Waals surface area contributed by atoms with E-state index in [1.165, 1.54) is 35.9 Å². The van der Waals surface area contributed by atoms with E-state index in [1.807, 2.05) is 0 Å². The molecule has 0 amide bonds. The van der Waals surface area contributed by atoms with E-state index in [0.717, 1.165) is 6.07 Å². The number of hydrogen-bond acceptors (Lipinski definition) is 8. The molecule has 0 aliphatic rings. The summed E-state index contributed by atoms with van der Waals surface area (Å²) in [5, 5.41) is 19.5. The molecule has 0 saturated heterocycles. The SMILES string of the molecule is O=S(=O)(O)c1c(N=Nc2nccs2)cc(O)c2ncccc12. The van der Waals surface area contributed by atoms with Gasteiger partial charge in [-0.05, 0) is 12.1 Å². The molecule has 0 aliphatic carbocycles. The van der Waals surface area contributed by atoms with Crippen LogP contribution in [0.3, 0.4) is 0 Å². The molecule has 0 atom stereocenters. The number of phenolic OH excluding ortho intramolecular Hbond substituents is 1. The van der Waals surface area contributed by atoms with Crippen molar-refractivity contribution >= 4 is 43.2 Å². The Kier molecular flexibility index (Phi) is 3.56. The van der Waals surface area contributed by atoms with Crippen molar-refractivity contribution < 1.29 is 18.1 Å². The summed E-state index contributed by atoms with van der Waals surface area (Å²) in [5.41, 5.74) is -0.154. The average molecular weight is 336 g/mol. The van der Waals surface area contributed by atoms with Crippen molar-refractivity contribution in [3.8, 4) is 5.75 Å². The van der Waals surface area contributed by atoms with Crippen LogP contribution in [0.4, 0.5) is 10.8 Å². The maximum Gasteiger partial charge on any atom is 0.297 e. The minimum Gasteiger partial charge on any atom is -0.506 e. The third-order valence-corrected chi connectivity index (χ3v) is 4.32. The highest BCUT2D eigenvalue weighted by molar-refractivity contribution is 7.86. The minimum absolute atomic E-state index is 0.0447. The van der Waals surface area contributed by atoms with Crippen LogP contribution >= 0.6 is 11.3 Å². The Morgan fingerprint density at radius 1 is 1.18 bits per heavy atom. The molecule has 1 aromatic carbocycles. The number of hydrogen-bond donors (Lipinski definition) is 2. The van der Waals surface area contributed by atoms with Crippen molar-refractivity contribution in [2.45, 2.75) is 4.90 Å². The van der Waals surface area contributed by atoms with Crippen molar-refractivity contribution in [1.29, 1.82) is 0 Å². The van der Waals surface area contributed by atoms with Crippen LogP contribution < -0.4 is 0 Å². The highest BCUT2D eigenvalue weighted by Gasteiger charge is 2.22. The first kappa shape index (κ1) is 14.5. The number of thiazole rings is 1. The maximum absolute atomic E-state index is 11.7. The lowest BCUT2D eigenvalue weighted by atomic mass is 10.2. The predicted molar refractivity (Wildman–Crippen MR) is 79.5 cm³/mol. The summed E-state index contributed by atoms with van der Waals surface area (Å²) in [6, 6.07) is 3.97. The van der Waals surface area contributed by atoms with Gasteiger partial charge in [0.15, 0.2) is 0 Å². The van der Waals surface area contributed by atoms with Gasteiger partial charge in [0.05, 0.1) is 0 Å². The average Bonchev–Trinajstić information content (AvgIpc) is 2.97. The quantitative estimate of drug-likeness (QED) is 0.559. The number of aromatic hydroxyl groups is 1. The van der Waals surface area contributed by atoms with Gasteiger partial charge >= 0.3 is 0 Å². The molecule has 0 aliphatic heterocycles. The van der Waals surface area contributed by atoms with Crippen molar-refractivity contribution in [3.05, 3.63) is 36.0 Å². The molecule has 22 heavy (non-hydrogen) atoms. The Morgan fingerprint density at radius 3 is 2.68 bits per heavy atom. The van der Waals surface area contributed by atoms with E-state index in [9.17, 15) is 18.1 Å². The second-order valence-corrected chi connectivity index (χ2v) is 6.36. The highest BCUT2D eigenvalue weighted by atomic mass is 32.2. The number of benzene rings is 1. The summed E-state index contributed by atoms with van der Waals surface area (Å²) in [6.07, 6.45) is 2.91. The lowest BCUT2D eigenvalue weighted by Crippen LogP contribution is -2.00. The molecule has 0 unspecified atom stereocenters. The van der Waals surface area contributed by atoms with Gasteiger partial charge < -0.3 is 5.11 Å². The molecule has 3 rings (SSSR count). The van der Waals surface area contributed by atoms with E-state index in [-0.39, 0.29) is 22.3 Å². The third kappa shape index (κ3) is 2.66. The van der Waals surface area contributed by atoms with E-state index >= 15 is 0 Å². The summed E-state index contributed by atoms with van der Waals surface area (Å²) in [7, 11) is -4.59. The van der Waals surface area contributed by atoms with Crippen molar-refractivity contribution in [1.82, 2.24) is 9.97 Å². The lowest BCUT2D eigenvalue weighted by Gasteiger charge is -2.07. The first-order chi connectivity index (χ1) is 10.5. The van der Waals surface area contributed by atoms with E-state index < -0.39 is 15.0 Å². The zero-order chi connectivity index (χ0) is 15.7. The number of pyridine rings is 1. The first-order valence-corrected chi connectivity index (χ1v) is 8.18. The zero-order valence-corrected chi connectivity index (χ0v) is 12.4. The van der Waals surface area contributed by atoms with E-state index in [2.05, 4.69) is 20.2 Å². The van der Waals surface area contributed by atoms with E-state index in [0.29, 0.717) is 5.13 Å². The van der Waals surface area contributed by atoms with Crippen LogP contribution in [0.1, 0.15) is 0 Å². The number of fused-ring (bicyclic) bond motifs is 1. The van der Waals surface area contributed by atoms with Crippen LogP contribution in [0, 0.1) is 0 Å². The number of phenols is 1. The van der Waals surface area contributed by atoms with Crippen LogP contribution in [-0.2, 0) is 10.1 Å². The van der Waals surface area contributed by atoms with Crippen LogP contribution in [0.2, 0.25) is 0 Å². The van der Waals surface area contributed by atoms with E-state index in [1.54, 1.807) is 5.38 Å². The van der Waals surface area contributed by atoms with Gasteiger partial charge in [-0.3, -0.25) is 9.54 Å². The van der Waals surface area contributed by atoms with Crippen molar-refractivity contribution in [2.75, 3.05) is 0 Å². The topological polar surface area (TPSA) is 125 Å². The van der Waals surface area contributed by atoms with Crippen LogP contribution in [-0.4, -0.2) is 28.0 Å². The molecular formula is C12H8N4O4S2. The Hall–Kier alpha value is -2.43. The third-order valence-electron chi connectivity index (χ3n) is 2.72. The smallest absolute Gasteiger partial charge is 0.297 e. The fourth-order valence-electron chi connectivity index (χ4n) is 1.90. The Morgan fingerprint density at radius 2 is 2.00 bits per heavy atom. The number of nitrogens with zero attached hydrogens (tertiary/aromatic N) is 4. The molecule has 0 radical (unpaired) electrons. The summed E-state index contributed by atoms with van der Waals surface area (Å²) >= 11 is 1.21. The second kappa shape index (κ2) is 5.40. The fraction of sp³-hybridized carbons (Fsp3) is 0. The fourth-order valence-corrected chi connectivity index (χ4v) is 3.16. The summed E-state index contributed by atoms with van der Waals surface area (Å²) < 4.78 is 32.8. The van der Waals surface area contributed by atoms with Gasteiger partial charge in [-0.1, -0.05) is 0 Å². The predicted octanol–water partition coefficient (Wildman–Crippen LogP) is 3.06. The van der Waals surface area contributed by atoms with E-state index in [4.69, 9.17) is 0 Å². The monoisotopic (exact) mass is 336 g/mol. The molecule has 2 N–H and O–H groups in total. The van der Waals surface area contributed by atoms with Gasteiger partial charge in [-0.25, -0.2) is 4.98 Å². The molecule has 2 aromatic heterocycles. The van der Waals surface area contributed by atoms with Crippen LogP contribution in [0.15, 0.2) is 51.1 Å². The molecule has 0 saturated carbocycles. The van der Waals surface area contributed by atoms with Gasteiger partial charge in [0.25, 0.3) is 10.1 Å². The lowest BCUT2D eigenvalue weighted by molar-refractivity contribution is 0.478. The number of azo groups is 1. The summed E-state index contributed by atoms with van der Waals surface area (Å²) in [5.74, 6) is -0.268. The maximum atomic E-state index is 11.7. The second-order valence-electron chi connectivity index (χ2n) is 4.13. The highest BCUT2D eigenvalue weighted by Crippen LogP contribution is 2.37. The number of rotatable bonds is 3. The normalized spacial score (nSPS) is 12.2. The van der Waals surface area contributed by atoms with Gasteiger partial charge in [0, 0.05) is 29.2 Å². The molecule has 0 bridgehead atoms. The Bertz CT molecular complexity index is 968. The molecule has 112 valence electrons. The van der Waals surface area contributed by atoms with Gasteiger partial charge in [-0.2, -0.15) is 8.42 Å². The molecule has 8 nitrogen and oxygen atoms in total. The number of aromatic nitrogens is 2.